The van der Waals surface area contributed by atoms with E-state index in [1.807, 2.05) is 18.2 Å². The number of amides is 1. The summed E-state index contributed by atoms with van der Waals surface area (Å²) in [5.41, 5.74) is 1.54. The fraction of sp³-hybridized carbons (Fsp3) is 0.150. The summed E-state index contributed by atoms with van der Waals surface area (Å²) in [4.78, 5) is 25.0. The summed E-state index contributed by atoms with van der Waals surface area (Å²) in [6, 6.07) is 13.8. The first-order valence-corrected chi connectivity index (χ1v) is 9.68. The van der Waals surface area contributed by atoms with Gasteiger partial charge in [-0.15, -0.1) is 0 Å². The van der Waals surface area contributed by atoms with E-state index in [9.17, 15) is 9.59 Å². The Balaban J connectivity index is 1.74. The SMILES string of the molecule is Cc1nn(-c2ccccc2)c(Cl)c1C(=O)OC(C)C(=O)Nc1ccc(Cl)cc1Cl. The number of hydrogen-bond donors (Lipinski definition) is 1. The van der Waals surface area contributed by atoms with E-state index in [0.29, 0.717) is 22.1 Å². The Labute approximate surface area is 182 Å². The van der Waals surface area contributed by atoms with Crippen LogP contribution in [0.25, 0.3) is 5.69 Å². The summed E-state index contributed by atoms with van der Waals surface area (Å²) < 4.78 is 6.72. The van der Waals surface area contributed by atoms with E-state index >= 15 is 0 Å². The molecule has 0 aliphatic heterocycles. The highest BCUT2D eigenvalue weighted by Crippen LogP contribution is 2.27. The number of rotatable bonds is 5. The lowest BCUT2D eigenvalue weighted by atomic mass is 10.2. The first-order valence-electron chi connectivity index (χ1n) is 8.55. The number of aryl methyl sites for hydroxylation is 1. The molecule has 3 aromatic rings. The molecule has 1 N–H and O–H groups in total. The number of ether oxygens (including phenoxy) is 1. The van der Waals surface area contributed by atoms with Gasteiger partial charge in [-0.2, -0.15) is 5.10 Å². The largest absolute Gasteiger partial charge is 0.449 e. The van der Waals surface area contributed by atoms with Gasteiger partial charge >= 0.3 is 5.97 Å². The molecule has 0 saturated heterocycles. The quantitative estimate of drug-likeness (QED) is 0.531. The smallest absolute Gasteiger partial charge is 0.344 e. The molecule has 3 rings (SSSR count). The molecule has 2 aromatic carbocycles. The summed E-state index contributed by atoms with van der Waals surface area (Å²) in [5, 5.41) is 7.70. The van der Waals surface area contributed by atoms with E-state index < -0.39 is 18.0 Å². The molecule has 0 aliphatic carbocycles. The Morgan fingerprint density at radius 3 is 2.45 bits per heavy atom. The van der Waals surface area contributed by atoms with Gasteiger partial charge in [-0.05, 0) is 44.2 Å². The molecule has 0 radical (unpaired) electrons. The zero-order valence-corrected chi connectivity index (χ0v) is 17.7. The van der Waals surface area contributed by atoms with Gasteiger partial charge in [-0.3, -0.25) is 4.79 Å². The number of halogens is 3. The van der Waals surface area contributed by atoms with E-state index in [0.717, 1.165) is 0 Å². The number of nitrogens with one attached hydrogen (secondary N) is 1. The van der Waals surface area contributed by atoms with E-state index in [1.165, 1.54) is 17.7 Å². The van der Waals surface area contributed by atoms with Crippen LogP contribution >= 0.6 is 34.8 Å². The van der Waals surface area contributed by atoms with Gasteiger partial charge in [0.1, 0.15) is 10.7 Å². The predicted octanol–water partition coefficient (Wildman–Crippen LogP) is 5.32. The number of aromatic nitrogens is 2. The lowest BCUT2D eigenvalue weighted by Gasteiger charge is -2.14. The molecule has 1 amide bonds. The summed E-state index contributed by atoms with van der Waals surface area (Å²) in [7, 11) is 0. The molecule has 150 valence electrons. The highest BCUT2D eigenvalue weighted by molar-refractivity contribution is 6.36. The van der Waals surface area contributed by atoms with Gasteiger partial charge in [0, 0.05) is 5.02 Å². The Morgan fingerprint density at radius 2 is 1.79 bits per heavy atom. The second-order valence-corrected chi connectivity index (χ2v) is 7.36. The number of carbonyl (C=O) groups excluding carboxylic acids is 2. The molecule has 9 heteroatoms. The average molecular weight is 453 g/mol. The van der Waals surface area contributed by atoms with Crippen LogP contribution in [0.2, 0.25) is 15.2 Å². The summed E-state index contributed by atoms with van der Waals surface area (Å²) >= 11 is 18.2. The van der Waals surface area contributed by atoms with E-state index in [-0.39, 0.29) is 15.7 Å². The van der Waals surface area contributed by atoms with Crippen LogP contribution in [0.4, 0.5) is 5.69 Å². The van der Waals surface area contributed by atoms with E-state index in [4.69, 9.17) is 39.5 Å². The van der Waals surface area contributed by atoms with Crippen molar-refractivity contribution in [3.8, 4) is 5.69 Å². The van der Waals surface area contributed by atoms with Gasteiger partial charge < -0.3 is 10.1 Å². The van der Waals surface area contributed by atoms with Crippen LogP contribution < -0.4 is 5.32 Å². The number of hydrogen-bond acceptors (Lipinski definition) is 4. The van der Waals surface area contributed by atoms with Crippen molar-refractivity contribution in [1.82, 2.24) is 9.78 Å². The number of carbonyl (C=O) groups is 2. The van der Waals surface area contributed by atoms with Crippen molar-refractivity contribution in [2.24, 2.45) is 0 Å². The minimum absolute atomic E-state index is 0.0969. The van der Waals surface area contributed by atoms with Crippen LogP contribution in [0.1, 0.15) is 23.0 Å². The Bertz CT molecular complexity index is 1070. The molecule has 0 bridgehead atoms. The third kappa shape index (κ3) is 4.72. The van der Waals surface area contributed by atoms with Crippen LogP contribution in [-0.2, 0) is 9.53 Å². The lowest BCUT2D eigenvalue weighted by Crippen LogP contribution is -2.30. The van der Waals surface area contributed by atoms with Crippen molar-refractivity contribution in [3.05, 3.63) is 75.0 Å². The number of benzene rings is 2. The lowest BCUT2D eigenvalue weighted by molar-refractivity contribution is -0.123. The standard InChI is InChI=1S/C20H16Cl3N3O3/c1-11-17(18(23)26(25-11)14-6-4-3-5-7-14)20(28)29-12(2)19(27)24-16-9-8-13(21)10-15(16)22/h3-10,12H,1-2H3,(H,24,27). The molecule has 6 nitrogen and oxygen atoms in total. The molecule has 0 aliphatic rings. The number of para-hydroxylation sites is 1. The van der Waals surface area contributed by atoms with Gasteiger partial charge in [0.15, 0.2) is 6.10 Å². The number of esters is 1. The first-order chi connectivity index (χ1) is 13.8. The van der Waals surface area contributed by atoms with Crippen molar-refractivity contribution in [3.63, 3.8) is 0 Å². The topological polar surface area (TPSA) is 73.2 Å². The zero-order chi connectivity index (χ0) is 21.1. The molecule has 1 atom stereocenters. The maximum atomic E-state index is 12.6. The minimum Gasteiger partial charge on any atom is -0.449 e. The second kappa shape index (κ2) is 8.86. The predicted molar refractivity (Wildman–Crippen MR) is 113 cm³/mol. The minimum atomic E-state index is -1.09. The Hall–Kier alpha value is -2.54. The fourth-order valence-electron chi connectivity index (χ4n) is 2.57. The highest BCUT2D eigenvalue weighted by atomic mass is 35.5. The highest BCUT2D eigenvalue weighted by Gasteiger charge is 2.26. The van der Waals surface area contributed by atoms with Crippen LogP contribution in [0.3, 0.4) is 0 Å². The van der Waals surface area contributed by atoms with E-state index in [2.05, 4.69) is 10.4 Å². The number of anilines is 1. The summed E-state index contributed by atoms with van der Waals surface area (Å²) in [5.74, 6) is -1.30. The molecule has 1 aromatic heterocycles. The summed E-state index contributed by atoms with van der Waals surface area (Å²) in [6.45, 7) is 3.09. The third-order valence-electron chi connectivity index (χ3n) is 4.05. The maximum Gasteiger partial charge on any atom is 0.344 e. The first kappa shape index (κ1) is 21.2. The van der Waals surface area contributed by atoms with Gasteiger partial charge in [0.05, 0.1) is 22.1 Å². The van der Waals surface area contributed by atoms with Gasteiger partial charge in [-0.1, -0.05) is 53.0 Å². The van der Waals surface area contributed by atoms with Crippen molar-refractivity contribution in [1.29, 1.82) is 0 Å². The molecule has 29 heavy (non-hydrogen) atoms. The molecule has 0 saturated carbocycles. The number of nitrogens with zero attached hydrogens (tertiary/aromatic N) is 2. The molecule has 1 heterocycles. The van der Waals surface area contributed by atoms with Crippen LogP contribution in [-0.4, -0.2) is 27.8 Å². The van der Waals surface area contributed by atoms with Crippen LogP contribution in [0.5, 0.6) is 0 Å². The molecule has 0 spiro atoms. The fourth-order valence-corrected chi connectivity index (χ4v) is 3.37. The average Bonchev–Trinajstić information content (AvgIpc) is 2.98. The maximum absolute atomic E-state index is 12.6. The summed E-state index contributed by atoms with van der Waals surface area (Å²) in [6.07, 6.45) is -1.09. The zero-order valence-electron chi connectivity index (χ0n) is 15.4. The second-order valence-electron chi connectivity index (χ2n) is 6.16. The van der Waals surface area contributed by atoms with Crippen LogP contribution in [0.15, 0.2) is 48.5 Å². The van der Waals surface area contributed by atoms with Crippen molar-refractivity contribution >= 4 is 52.4 Å². The van der Waals surface area contributed by atoms with Crippen molar-refractivity contribution in [2.45, 2.75) is 20.0 Å². The Kier molecular flexibility index (Phi) is 6.47. The van der Waals surface area contributed by atoms with Gasteiger partial charge in [0.2, 0.25) is 0 Å². The Morgan fingerprint density at radius 1 is 1.10 bits per heavy atom. The monoisotopic (exact) mass is 451 g/mol. The van der Waals surface area contributed by atoms with E-state index in [1.54, 1.807) is 31.2 Å². The third-order valence-corrected chi connectivity index (χ3v) is 4.95. The molecule has 1 unspecified atom stereocenters. The molecular weight excluding hydrogens is 437 g/mol. The van der Waals surface area contributed by atoms with Gasteiger partial charge in [-0.25, -0.2) is 9.48 Å². The normalized spacial score (nSPS) is 11.8. The van der Waals surface area contributed by atoms with Gasteiger partial charge in [0.25, 0.3) is 5.91 Å². The van der Waals surface area contributed by atoms with Crippen molar-refractivity contribution in [2.75, 3.05) is 5.32 Å². The van der Waals surface area contributed by atoms with Crippen LogP contribution in [0, 0.1) is 6.92 Å². The molecular formula is C20H16Cl3N3O3. The molecule has 0 fully saturated rings. The van der Waals surface area contributed by atoms with Crippen molar-refractivity contribution < 1.29 is 14.3 Å².